The van der Waals surface area contributed by atoms with Crippen LogP contribution in [-0.4, -0.2) is 12.5 Å². The Morgan fingerprint density at radius 1 is 1.24 bits per heavy atom. The van der Waals surface area contributed by atoms with Gasteiger partial charge in [-0.15, -0.1) is 0 Å². The first-order valence-electron chi connectivity index (χ1n) is 6.18. The maximum Gasteiger partial charge on any atom is 0.387 e. The molecule has 2 aromatic rings. The van der Waals surface area contributed by atoms with Crippen LogP contribution < -0.4 is 15.8 Å². The number of amides is 1. The summed E-state index contributed by atoms with van der Waals surface area (Å²) < 4.78 is 29.0. The molecule has 0 aliphatic carbocycles. The third-order valence-electron chi connectivity index (χ3n) is 2.88. The minimum atomic E-state index is -2.96. The molecule has 0 bridgehead atoms. The topological polar surface area (TPSA) is 64.3 Å². The molecule has 2 aromatic carbocycles. The maximum absolute atomic E-state index is 12.3. The van der Waals surface area contributed by atoms with Crippen molar-refractivity contribution in [3.8, 4) is 5.75 Å². The van der Waals surface area contributed by atoms with Crippen LogP contribution in [-0.2, 0) is 0 Å². The SMILES string of the molecule is Cc1cc(C(=O)Nc2ccccc2OC(F)F)ccc1N. The van der Waals surface area contributed by atoms with Crippen molar-refractivity contribution < 1.29 is 18.3 Å². The third kappa shape index (κ3) is 3.68. The molecule has 0 radical (unpaired) electrons. The molecule has 0 aromatic heterocycles. The van der Waals surface area contributed by atoms with Gasteiger partial charge in [0.15, 0.2) is 0 Å². The van der Waals surface area contributed by atoms with E-state index in [0.29, 0.717) is 11.3 Å². The van der Waals surface area contributed by atoms with Crippen LogP contribution in [0.2, 0.25) is 0 Å². The molecular weight excluding hydrogens is 278 g/mol. The molecule has 0 aliphatic rings. The highest BCUT2D eigenvalue weighted by atomic mass is 19.3. The second-order valence-corrected chi connectivity index (χ2v) is 4.40. The van der Waals surface area contributed by atoms with Gasteiger partial charge < -0.3 is 15.8 Å². The Morgan fingerprint density at radius 2 is 1.95 bits per heavy atom. The Hall–Kier alpha value is -2.63. The minimum absolute atomic E-state index is 0.0898. The van der Waals surface area contributed by atoms with Gasteiger partial charge in [-0.25, -0.2) is 0 Å². The van der Waals surface area contributed by atoms with E-state index in [-0.39, 0.29) is 11.4 Å². The second kappa shape index (κ2) is 6.21. The van der Waals surface area contributed by atoms with Gasteiger partial charge in [0.25, 0.3) is 5.91 Å². The molecule has 3 N–H and O–H groups in total. The van der Waals surface area contributed by atoms with Crippen LogP contribution in [0.15, 0.2) is 42.5 Å². The maximum atomic E-state index is 12.3. The van der Waals surface area contributed by atoms with Gasteiger partial charge in [0.2, 0.25) is 0 Å². The van der Waals surface area contributed by atoms with Crippen LogP contribution in [0.4, 0.5) is 20.2 Å². The monoisotopic (exact) mass is 292 g/mol. The van der Waals surface area contributed by atoms with E-state index in [1.807, 2.05) is 0 Å². The standard InChI is InChI=1S/C15H14F2N2O2/c1-9-8-10(6-7-11(9)18)14(20)19-12-4-2-3-5-13(12)21-15(16)17/h2-8,15H,18H2,1H3,(H,19,20). The van der Waals surface area contributed by atoms with Crippen LogP contribution >= 0.6 is 0 Å². The number of hydrogen-bond acceptors (Lipinski definition) is 3. The second-order valence-electron chi connectivity index (χ2n) is 4.40. The molecule has 0 spiro atoms. The van der Waals surface area contributed by atoms with Gasteiger partial charge in [0, 0.05) is 11.3 Å². The number of aryl methyl sites for hydroxylation is 1. The summed E-state index contributed by atoms with van der Waals surface area (Å²) >= 11 is 0. The predicted molar refractivity (Wildman–Crippen MR) is 76.6 cm³/mol. The van der Waals surface area contributed by atoms with Crippen LogP contribution in [0.3, 0.4) is 0 Å². The number of hydrogen-bond donors (Lipinski definition) is 2. The first kappa shape index (κ1) is 14.8. The van der Waals surface area contributed by atoms with E-state index >= 15 is 0 Å². The number of nitrogen functional groups attached to an aromatic ring is 1. The number of nitrogens with one attached hydrogen (secondary N) is 1. The van der Waals surface area contributed by atoms with Crippen LogP contribution in [0, 0.1) is 6.92 Å². The van der Waals surface area contributed by atoms with Crippen molar-refractivity contribution in [2.24, 2.45) is 0 Å². The van der Waals surface area contributed by atoms with Gasteiger partial charge >= 0.3 is 6.61 Å². The zero-order valence-corrected chi connectivity index (χ0v) is 11.3. The zero-order chi connectivity index (χ0) is 15.4. The lowest BCUT2D eigenvalue weighted by atomic mass is 10.1. The molecule has 110 valence electrons. The van der Waals surface area contributed by atoms with Gasteiger partial charge in [0.1, 0.15) is 5.75 Å². The highest BCUT2D eigenvalue weighted by Crippen LogP contribution is 2.26. The number of nitrogens with two attached hydrogens (primary N) is 1. The Labute approximate surface area is 120 Å². The van der Waals surface area contributed by atoms with Crippen molar-refractivity contribution in [1.82, 2.24) is 0 Å². The smallest absolute Gasteiger partial charge is 0.387 e. The summed E-state index contributed by atoms with van der Waals surface area (Å²) in [6, 6.07) is 10.8. The minimum Gasteiger partial charge on any atom is -0.433 e. The molecule has 0 fully saturated rings. The number of para-hydroxylation sites is 2. The van der Waals surface area contributed by atoms with E-state index in [1.165, 1.54) is 12.1 Å². The summed E-state index contributed by atoms with van der Waals surface area (Å²) in [7, 11) is 0. The average Bonchev–Trinajstić information content (AvgIpc) is 2.43. The van der Waals surface area contributed by atoms with E-state index < -0.39 is 12.5 Å². The number of benzene rings is 2. The lowest BCUT2D eigenvalue weighted by Gasteiger charge is -2.12. The van der Waals surface area contributed by atoms with Gasteiger partial charge in [-0.3, -0.25) is 4.79 Å². The summed E-state index contributed by atoms with van der Waals surface area (Å²) in [6.45, 7) is -1.18. The van der Waals surface area contributed by atoms with Crippen molar-refractivity contribution in [2.75, 3.05) is 11.1 Å². The first-order chi connectivity index (χ1) is 9.97. The molecule has 1 amide bonds. The number of carbonyl (C=O) groups excluding carboxylic acids is 1. The summed E-state index contributed by atoms with van der Waals surface area (Å²) in [5, 5.41) is 2.54. The van der Waals surface area contributed by atoms with Crippen molar-refractivity contribution >= 4 is 17.3 Å². The Morgan fingerprint density at radius 3 is 2.62 bits per heavy atom. The highest BCUT2D eigenvalue weighted by molar-refractivity contribution is 6.05. The average molecular weight is 292 g/mol. The molecule has 0 atom stereocenters. The zero-order valence-electron chi connectivity index (χ0n) is 11.3. The Balaban J connectivity index is 2.21. The summed E-state index contributed by atoms with van der Waals surface area (Å²) in [4.78, 5) is 12.1. The summed E-state index contributed by atoms with van der Waals surface area (Å²) in [6.07, 6.45) is 0. The molecule has 21 heavy (non-hydrogen) atoms. The number of ether oxygens (including phenoxy) is 1. The van der Waals surface area contributed by atoms with Gasteiger partial charge in [-0.1, -0.05) is 12.1 Å². The highest BCUT2D eigenvalue weighted by Gasteiger charge is 2.13. The molecule has 0 saturated carbocycles. The van der Waals surface area contributed by atoms with E-state index in [0.717, 1.165) is 5.56 Å². The normalized spacial score (nSPS) is 10.5. The lowest BCUT2D eigenvalue weighted by molar-refractivity contribution is -0.0493. The molecule has 0 saturated heterocycles. The third-order valence-corrected chi connectivity index (χ3v) is 2.88. The summed E-state index contributed by atoms with van der Waals surface area (Å²) in [5.41, 5.74) is 7.59. The van der Waals surface area contributed by atoms with Crippen LogP contribution in [0.5, 0.6) is 5.75 Å². The van der Waals surface area contributed by atoms with E-state index in [1.54, 1.807) is 37.3 Å². The van der Waals surface area contributed by atoms with Crippen molar-refractivity contribution in [3.63, 3.8) is 0 Å². The molecule has 0 unspecified atom stereocenters. The molecule has 4 nitrogen and oxygen atoms in total. The number of anilines is 2. The quantitative estimate of drug-likeness (QED) is 0.848. The van der Waals surface area contributed by atoms with Gasteiger partial charge in [-0.2, -0.15) is 8.78 Å². The molecule has 6 heteroatoms. The van der Waals surface area contributed by atoms with Crippen molar-refractivity contribution in [2.45, 2.75) is 13.5 Å². The fraction of sp³-hybridized carbons (Fsp3) is 0.133. The fourth-order valence-corrected chi connectivity index (χ4v) is 1.78. The van der Waals surface area contributed by atoms with Crippen LogP contribution in [0.1, 0.15) is 15.9 Å². The van der Waals surface area contributed by atoms with Gasteiger partial charge in [-0.05, 0) is 42.8 Å². The molecule has 0 heterocycles. The fourth-order valence-electron chi connectivity index (χ4n) is 1.78. The molecular formula is C15H14F2N2O2. The predicted octanol–water partition coefficient (Wildman–Crippen LogP) is 3.43. The number of rotatable bonds is 4. The van der Waals surface area contributed by atoms with E-state index in [9.17, 15) is 13.6 Å². The Kier molecular flexibility index (Phi) is 4.37. The van der Waals surface area contributed by atoms with Crippen molar-refractivity contribution in [3.05, 3.63) is 53.6 Å². The van der Waals surface area contributed by atoms with E-state index in [2.05, 4.69) is 10.1 Å². The molecule has 2 rings (SSSR count). The van der Waals surface area contributed by atoms with Crippen molar-refractivity contribution in [1.29, 1.82) is 0 Å². The lowest BCUT2D eigenvalue weighted by Crippen LogP contribution is -2.14. The van der Waals surface area contributed by atoms with Crippen LogP contribution in [0.25, 0.3) is 0 Å². The molecule has 0 aliphatic heterocycles. The van der Waals surface area contributed by atoms with E-state index in [4.69, 9.17) is 5.73 Å². The number of halogens is 2. The number of alkyl halides is 2. The first-order valence-corrected chi connectivity index (χ1v) is 6.18. The largest absolute Gasteiger partial charge is 0.433 e. The number of carbonyl (C=O) groups is 1. The Bertz CT molecular complexity index is 660. The summed E-state index contributed by atoms with van der Waals surface area (Å²) in [5.74, 6) is -0.517. The van der Waals surface area contributed by atoms with Gasteiger partial charge in [0.05, 0.1) is 5.69 Å².